The molecular weight excluding hydrogens is 344 g/mol. The van der Waals surface area contributed by atoms with Crippen LogP contribution in [0.4, 0.5) is 0 Å². The summed E-state index contributed by atoms with van der Waals surface area (Å²) in [6.07, 6.45) is 0. The molecule has 0 aliphatic carbocycles. The molecule has 1 aromatic heterocycles. The van der Waals surface area contributed by atoms with Crippen LogP contribution in [0.3, 0.4) is 0 Å². The van der Waals surface area contributed by atoms with Gasteiger partial charge in [0.25, 0.3) is 0 Å². The second-order valence-electron chi connectivity index (χ2n) is 5.38. The summed E-state index contributed by atoms with van der Waals surface area (Å²) in [5.74, 6) is 0. The van der Waals surface area contributed by atoms with Crippen LogP contribution in [0, 0.1) is 6.92 Å². The van der Waals surface area contributed by atoms with Crippen molar-refractivity contribution in [1.82, 2.24) is 9.29 Å². The van der Waals surface area contributed by atoms with Crippen molar-refractivity contribution >= 4 is 21.6 Å². The third kappa shape index (κ3) is 2.98. The van der Waals surface area contributed by atoms with Gasteiger partial charge in [-0.15, -0.1) is 0 Å². The molecular formula is C18H17ClN2O2S. The number of aryl methyl sites for hydroxylation is 1. The molecule has 124 valence electrons. The van der Waals surface area contributed by atoms with E-state index in [2.05, 4.69) is 9.29 Å². The lowest BCUT2D eigenvalue weighted by Gasteiger charge is -2.14. The van der Waals surface area contributed by atoms with Gasteiger partial charge in [0.1, 0.15) is 0 Å². The highest BCUT2D eigenvalue weighted by molar-refractivity contribution is 7.89. The first-order valence-corrected chi connectivity index (χ1v) is 9.27. The molecule has 0 aliphatic rings. The Hall–Kier alpha value is -2.08. The Balaban J connectivity index is 2.12. The summed E-state index contributed by atoms with van der Waals surface area (Å²) in [6.45, 7) is 2.00. The Kier molecular flexibility index (Phi) is 4.49. The van der Waals surface area contributed by atoms with Crippen molar-refractivity contribution in [1.29, 1.82) is 0 Å². The molecule has 0 aliphatic heterocycles. The van der Waals surface area contributed by atoms with E-state index < -0.39 is 10.0 Å². The Bertz CT molecular complexity index is 977. The summed E-state index contributed by atoms with van der Waals surface area (Å²) in [7, 11) is -2.05. The van der Waals surface area contributed by atoms with Crippen LogP contribution >= 0.6 is 11.6 Å². The summed E-state index contributed by atoms with van der Waals surface area (Å²) >= 11 is 6.33. The fourth-order valence-corrected chi connectivity index (χ4v) is 3.62. The molecule has 6 heteroatoms. The van der Waals surface area contributed by atoms with Gasteiger partial charge in [0.2, 0.25) is 10.0 Å². The third-order valence-corrected chi connectivity index (χ3v) is 5.66. The van der Waals surface area contributed by atoms with E-state index >= 15 is 0 Å². The summed E-state index contributed by atoms with van der Waals surface area (Å²) in [4.78, 5) is 0.234. The number of hydrogen-bond donors (Lipinski definition) is 1. The van der Waals surface area contributed by atoms with Gasteiger partial charge in [0.05, 0.1) is 10.6 Å². The van der Waals surface area contributed by atoms with Gasteiger partial charge < -0.3 is 4.57 Å². The molecule has 0 atom stereocenters. The Morgan fingerprint density at radius 2 is 1.62 bits per heavy atom. The van der Waals surface area contributed by atoms with E-state index in [4.69, 9.17) is 11.6 Å². The van der Waals surface area contributed by atoms with E-state index in [-0.39, 0.29) is 4.90 Å². The lowest BCUT2D eigenvalue weighted by Crippen LogP contribution is -2.18. The zero-order chi connectivity index (χ0) is 17.3. The van der Waals surface area contributed by atoms with Crippen LogP contribution < -0.4 is 4.72 Å². The fourth-order valence-electron chi connectivity index (χ4n) is 2.65. The second-order valence-corrected chi connectivity index (χ2v) is 7.67. The van der Waals surface area contributed by atoms with Crippen LogP contribution in [0.2, 0.25) is 5.02 Å². The largest absolute Gasteiger partial charge is 0.314 e. The summed E-state index contributed by atoms with van der Waals surface area (Å²) in [5, 5.41) is 0.672. The number of nitrogens with one attached hydrogen (secondary N) is 1. The molecule has 0 saturated carbocycles. The number of benzene rings is 2. The topological polar surface area (TPSA) is 51.1 Å². The Morgan fingerprint density at radius 3 is 2.25 bits per heavy atom. The summed E-state index contributed by atoms with van der Waals surface area (Å²) < 4.78 is 28.1. The van der Waals surface area contributed by atoms with Crippen molar-refractivity contribution in [3.63, 3.8) is 0 Å². The first-order valence-electron chi connectivity index (χ1n) is 7.41. The number of sulfonamides is 1. The highest BCUT2D eigenvalue weighted by atomic mass is 35.5. The fraction of sp³-hybridized carbons (Fsp3) is 0.111. The van der Waals surface area contributed by atoms with E-state index in [1.807, 2.05) is 43.3 Å². The van der Waals surface area contributed by atoms with E-state index in [0.29, 0.717) is 5.02 Å². The highest BCUT2D eigenvalue weighted by Crippen LogP contribution is 2.31. The average Bonchev–Trinajstić information content (AvgIpc) is 2.97. The van der Waals surface area contributed by atoms with Gasteiger partial charge in [-0.2, -0.15) is 0 Å². The highest BCUT2D eigenvalue weighted by Gasteiger charge is 2.14. The van der Waals surface area contributed by atoms with Gasteiger partial charge in [0, 0.05) is 22.0 Å². The molecule has 0 fully saturated rings. The molecule has 0 unspecified atom stereocenters. The van der Waals surface area contributed by atoms with E-state index in [0.717, 1.165) is 22.6 Å². The molecule has 4 nitrogen and oxygen atoms in total. The minimum atomic E-state index is -3.44. The monoisotopic (exact) mass is 360 g/mol. The maximum Gasteiger partial charge on any atom is 0.240 e. The van der Waals surface area contributed by atoms with Crippen LogP contribution in [0.15, 0.2) is 65.6 Å². The van der Waals surface area contributed by atoms with Crippen molar-refractivity contribution in [3.05, 3.63) is 71.4 Å². The Labute approximate surface area is 146 Å². The molecule has 3 aromatic rings. The zero-order valence-electron chi connectivity index (χ0n) is 13.3. The van der Waals surface area contributed by atoms with Crippen molar-refractivity contribution < 1.29 is 8.42 Å². The van der Waals surface area contributed by atoms with Crippen molar-refractivity contribution in [2.45, 2.75) is 11.8 Å². The van der Waals surface area contributed by atoms with Gasteiger partial charge in [-0.1, -0.05) is 29.8 Å². The number of nitrogens with zero attached hydrogens (tertiary/aromatic N) is 1. The van der Waals surface area contributed by atoms with E-state index in [9.17, 15) is 8.42 Å². The van der Waals surface area contributed by atoms with Crippen LogP contribution in [-0.4, -0.2) is 20.0 Å². The minimum Gasteiger partial charge on any atom is -0.314 e. The number of halogens is 1. The molecule has 0 saturated heterocycles. The lowest BCUT2D eigenvalue weighted by atomic mass is 10.1. The number of aromatic nitrogens is 1. The number of hydrogen-bond acceptors (Lipinski definition) is 2. The molecule has 0 amide bonds. The quantitative estimate of drug-likeness (QED) is 0.764. The molecule has 1 N–H and O–H groups in total. The molecule has 3 rings (SSSR count). The molecule has 1 heterocycles. The lowest BCUT2D eigenvalue weighted by molar-refractivity contribution is 0.588. The normalized spacial score (nSPS) is 11.6. The van der Waals surface area contributed by atoms with Gasteiger partial charge in [-0.3, -0.25) is 0 Å². The van der Waals surface area contributed by atoms with Gasteiger partial charge in [0.15, 0.2) is 0 Å². The van der Waals surface area contributed by atoms with Gasteiger partial charge in [-0.05, 0) is 56.4 Å². The van der Waals surface area contributed by atoms with Crippen LogP contribution in [-0.2, 0) is 10.0 Å². The Morgan fingerprint density at radius 1 is 0.958 bits per heavy atom. The SMILES string of the molecule is CNS(=O)(=O)c1ccc(-n2c(C)ccc2-c2ccccc2Cl)cc1. The predicted molar refractivity (Wildman–Crippen MR) is 97.2 cm³/mol. The molecule has 0 spiro atoms. The van der Waals surface area contributed by atoms with Crippen LogP contribution in [0.25, 0.3) is 16.9 Å². The first-order chi connectivity index (χ1) is 11.4. The van der Waals surface area contributed by atoms with Crippen LogP contribution in [0.5, 0.6) is 0 Å². The molecule has 24 heavy (non-hydrogen) atoms. The molecule has 0 bridgehead atoms. The van der Waals surface area contributed by atoms with Crippen molar-refractivity contribution in [2.24, 2.45) is 0 Å². The number of rotatable bonds is 4. The molecule has 2 aromatic carbocycles. The average molecular weight is 361 g/mol. The minimum absolute atomic E-state index is 0.234. The van der Waals surface area contributed by atoms with E-state index in [1.165, 1.54) is 7.05 Å². The summed E-state index contributed by atoms with van der Waals surface area (Å²) in [5.41, 5.74) is 3.80. The smallest absolute Gasteiger partial charge is 0.240 e. The second kappa shape index (κ2) is 6.43. The maximum absolute atomic E-state index is 11.9. The zero-order valence-corrected chi connectivity index (χ0v) is 14.9. The summed E-state index contributed by atoms with van der Waals surface area (Å²) in [6, 6.07) is 18.4. The van der Waals surface area contributed by atoms with E-state index in [1.54, 1.807) is 24.3 Å². The van der Waals surface area contributed by atoms with Crippen LogP contribution in [0.1, 0.15) is 5.69 Å². The first kappa shape index (κ1) is 16.8. The standard InChI is InChI=1S/C18H17ClN2O2S/c1-13-7-12-18(16-5-3-4-6-17(16)19)21(13)14-8-10-15(11-9-14)24(22,23)20-2/h3-12,20H,1-2H3. The van der Waals surface area contributed by atoms with Crippen molar-refractivity contribution in [2.75, 3.05) is 7.05 Å². The molecule has 0 radical (unpaired) electrons. The van der Waals surface area contributed by atoms with Gasteiger partial charge >= 0.3 is 0 Å². The van der Waals surface area contributed by atoms with Crippen molar-refractivity contribution in [3.8, 4) is 16.9 Å². The predicted octanol–water partition coefficient (Wildman–Crippen LogP) is 4.01. The van der Waals surface area contributed by atoms with Gasteiger partial charge in [-0.25, -0.2) is 13.1 Å². The third-order valence-electron chi connectivity index (χ3n) is 3.90. The maximum atomic E-state index is 11.9.